The highest BCUT2D eigenvalue weighted by atomic mass is 16.6. The van der Waals surface area contributed by atoms with Crippen molar-refractivity contribution in [3.05, 3.63) is 65.2 Å². The minimum atomic E-state index is -0.988. The number of aliphatic hydroxyl groups is 1. The fourth-order valence-electron chi connectivity index (χ4n) is 7.36. The molecule has 2 aliphatic carbocycles. The molecule has 1 amide bonds. The van der Waals surface area contributed by atoms with Crippen LogP contribution in [0.15, 0.2) is 48.5 Å². The minimum Gasteiger partial charge on any atom is -0.483 e. The number of likely N-dealkylation sites (tertiary alicyclic amines) is 1. The Morgan fingerprint density at radius 1 is 1.19 bits per heavy atom. The molecule has 1 N–H and O–H groups in total. The lowest BCUT2D eigenvalue weighted by molar-refractivity contribution is -0.195. The fourth-order valence-corrected chi connectivity index (χ4v) is 7.36. The zero-order valence-corrected chi connectivity index (χ0v) is 20.9. The maximum Gasteiger partial charge on any atom is 0.308 e. The van der Waals surface area contributed by atoms with Crippen molar-refractivity contribution in [2.45, 2.75) is 61.8 Å². The average molecular weight is 489 g/mol. The van der Waals surface area contributed by atoms with Crippen LogP contribution < -0.4 is 9.47 Å². The Kier molecular flexibility index (Phi) is 5.28. The van der Waals surface area contributed by atoms with E-state index in [-0.39, 0.29) is 18.0 Å². The van der Waals surface area contributed by atoms with Gasteiger partial charge < -0.3 is 24.4 Å². The topological polar surface area (TPSA) is 79.3 Å². The van der Waals surface area contributed by atoms with Crippen molar-refractivity contribution in [3.63, 3.8) is 0 Å². The Morgan fingerprint density at radius 2 is 1.97 bits per heavy atom. The molecule has 0 aromatic heterocycles. The number of ether oxygens (including phenoxy) is 2. The maximum absolute atomic E-state index is 13.3. The zero-order valence-electron chi connectivity index (χ0n) is 20.9. The van der Waals surface area contributed by atoms with Crippen molar-refractivity contribution >= 4 is 18.0 Å². The van der Waals surface area contributed by atoms with E-state index in [0.29, 0.717) is 37.2 Å². The summed E-state index contributed by atoms with van der Waals surface area (Å²) in [7, 11) is 3.90. The molecule has 7 heteroatoms. The van der Waals surface area contributed by atoms with E-state index >= 15 is 0 Å². The van der Waals surface area contributed by atoms with E-state index in [1.165, 1.54) is 6.92 Å². The highest BCUT2D eigenvalue weighted by Crippen LogP contribution is 2.65. The molecule has 4 aliphatic rings. The van der Waals surface area contributed by atoms with Crippen LogP contribution in [0.2, 0.25) is 0 Å². The first kappa shape index (κ1) is 23.3. The first-order valence-electron chi connectivity index (χ1n) is 12.7. The van der Waals surface area contributed by atoms with Crippen LogP contribution in [-0.4, -0.2) is 71.2 Å². The predicted molar refractivity (Wildman–Crippen MR) is 135 cm³/mol. The summed E-state index contributed by atoms with van der Waals surface area (Å²) >= 11 is 0. The molecular formula is C29H32N2O5. The quantitative estimate of drug-likeness (QED) is 0.405. The molecule has 36 heavy (non-hydrogen) atoms. The van der Waals surface area contributed by atoms with Gasteiger partial charge in [0.2, 0.25) is 5.91 Å². The second kappa shape index (κ2) is 8.18. The largest absolute Gasteiger partial charge is 0.483 e. The van der Waals surface area contributed by atoms with Gasteiger partial charge in [0.15, 0.2) is 11.5 Å². The van der Waals surface area contributed by atoms with Gasteiger partial charge in [0.25, 0.3) is 0 Å². The van der Waals surface area contributed by atoms with Gasteiger partial charge in [-0.1, -0.05) is 36.4 Å². The summed E-state index contributed by atoms with van der Waals surface area (Å²) in [5, 5.41) is 12.4. The number of piperidine rings is 1. The van der Waals surface area contributed by atoms with Crippen molar-refractivity contribution in [1.29, 1.82) is 0 Å². The molecule has 1 saturated carbocycles. The van der Waals surface area contributed by atoms with Gasteiger partial charge in [-0.15, -0.1) is 0 Å². The maximum atomic E-state index is 13.3. The smallest absolute Gasteiger partial charge is 0.308 e. The van der Waals surface area contributed by atoms with Crippen molar-refractivity contribution in [2.75, 3.05) is 20.6 Å². The molecule has 5 atom stereocenters. The van der Waals surface area contributed by atoms with E-state index in [0.717, 1.165) is 23.2 Å². The molecule has 2 bridgehead atoms. The van der Waals surface area contributed by atoms with E-state index in [1.807, 2.05) is 49.5 Å². The Hall–Kier alpha value is -3.16. The Balaban J connectivity index is 1.42. The predicted octanol–water partition coefficient (Wildman–Crippen LogP) is 2.94. The van der Waals surface area contributed by atoms with Crippen molar-refractivity contribution in [2.24, 2.45) is 0 Å². The summed E-state index contributed by atoms with van der Waals surface area (Å²) in [4.78, 5) is 29.2. The molecule has 2 aliphatic heterocycles. The molecule has 7 nitrogen and oxygen atoms in total. The van der Waals surface area contributed by atoms with Crippen LogP contribution in [0, 0.1) is 0 Å². The molecule has 2 heterocycles. The lowest BCUT2D eigenvalue weighted by Gasteiger charge is -2.64. The van der Waals surface area contributed by atoms with E-state index in [2.05, 4.69) is 11.9 Å². The van der Waals surface area contributed by atoms with Gasteiger partial charge in [-0.2, -0.15) is 0 Å². The minimum absolute atomic E-state index is 0.0321. The normalized spacial score (nSPS) is 32.1. The first-order chi connectivity index (χ1) is 17.3. The summed E-state index contributed by atoms with van der Waals surface area (Å²) < 4.78 is 12.2. The monoisotopic (exact) mass is 488 g/mol. The van der Waals surface area contributed by atoms with Crippen LogP contribution in [-0.2, 0) is 21.4 Å². The third-order valence-corrected chi connectivity index (χ3v) is 9.00. The molecule has 1 saturated heterocycles. The third kappa shape index (κ3) is 3.12. The molecule has 2 aromatic rings. The van der Waals surface area contributed by atoms with Gasteiger partial charge in [0, 0.05) is 31.7 Å². The van der Waals surface area contributed by atoms with Crippen LogP contribution in [0.3, 0.4) is 0 Å². The van der Waals surface area contributed by atoms with E-state index in [9.17, 15) is 14.7 Å². The average Bonchev–Trinajstić information content (AvgIpc) is 3.21. The summed E-state index contributed by atoms with van der Waals surface area (Å²) in [5.41, 5.74) is 1.41. The number of rotatable bonds is 4. The van der Waals surface area contributed by atoms with E-state index in [4.69, 9.17) is 9.47 Å². The molecular weight excluding hydrogens is 456 g/mol. The van der Waals surface area contributed by atoms with Gasteiger partial charge in [0.1, 0.15) is 6.10 Å². The number of carbonyl (C=O) groups is 2. The second-order valence-electron chi connectivity index (χ2n) is 10.7. The number of hydrogen-bond donors (Lipinski definition) is 1. The number of nitrogens with zero attached hydrogens (tertiary/aromatic N) is 2. The van der Waals surface area contributed by atoms with Gasteiger partial charge in [-0.3, -0.25) is 9.59 Å². The van der Waals surface area contributed by atoms with E-state index < -0.39 is 23.1 Å². The summed E-state index contributed by atoms with van der Waals surface area (Å²) in [6.07, 6.45) is 5.62. The summed E-state index contributed by atoms with van der Waals surface area (Å²) in [5.74, 6) is 0.429. The highest BCUT2D eigenvalue weighted by molar-refractivity contribution is 5.92. The molecule has 188 valence electrons. The number of likely N-dealkylation sites (N-methyl/N-ethyl adjacent to an activating group) is 2. The van der Waals surface area contributed by atoms with Crippen molar-refractivity contribution in [3.8, 4) is 11.5 Å². The fraction of sp³-hybridized carbons (Fsp3) is 0.448. The van der Waals surface area contributed by atoms with Crippen LogP contribution in [0.5, 0.6) is 11.5 Å². The van der Waals surface area contributed by atoms with E-state index in [1.54, 1.807) is 17.0 Å². The van der Waals surface area contributed by atoms with Gasteiger partial charge in [0.05, 0.1) is 17.1 Å². The summed E-state index contributed by atoms with van der Waals surface area (Å²) in [6.45, 7) is 2.20. The molecule has 2 aromatic carbocycles. The Bertz CT molecular complexity index is 1260. The third-order valence-electron chi connectivity index (χ3n) is 9.00. The Morgan fingerprint density at radius 3 is 2.72 bits per heavy atom. The molecule has 0 unspecified atom stereocenters. The van der Waals surface area contributed by atoms with Crippen LogP contribution >= 0.6 is 0 Å². The lowest BCUT2D eigenvalue weighted by Crippen LogP contribution is -2.77. The standard InChI is InChI=1S/C29H32N2O5/c1-18(32)35-22-11-10-20-17-23-29(34)14-13-21(31(3)24(33)12-9-19-7-5-4-6-8-19)27-28(29,15-16-30(23)2)25(20)26(22)36-27/h4-12,21,23,27,34H,13-17H2,1-3H3/t21-,23-,27+,28+,29-/m1/s1. The zero-order chi connectivity index (χ0) is 25.2. The summed E-state index contributed by atoms with van der Waals surface area (Å²) in [6, 6.07) is 13.3. The van der Waals surface area contributed by atoms with Crippen LogP contribution in [0.4, 0.5) is 0 Å². The highest BCUT2D eigenvalue weighted by Gasteiger charge is 2.73. The van der Waals surface area contributed by atoms with Crippen molar-refractivity contribution in [1.82, 2.24) is 9.80 Å². The van der Waals surface area contributed by atoms with Crippen LogP contribution in [0.25, 0.3) is 6.08 Å². The van der Waals surface area contributed by atoms with Gasteiger partial charge in [-0.25, -0.2) is 0 Å². The van der Waals surface area contributed by atoms with Gasteiger partial charge in [-0.05, 0) is 62.5 Å². The molecule has 6 rings (SSSR count). The SMILES string of the molecule is CC(=O)Oc1ccc2c3c1O[C@H]1[C@H](N(C)C(=O)C=Cc4ccccc4)CC[C@@]4(O)[C@@H](C2)N(C)CC[C@]314. The number of esters is 1. The molecule has 2 fully saturated rings. The molecule has 1 spiro atoms. The lowest BCUT2D eigenvalue weighted by atomic mass is 9.48. The van der Waals surface area contributed by atoms with Crippen LogP contribution in [0.1, 0.15) is 42.9 Å². The number of carbonyl (C=O) groups excluding carboxylic acids is 2. The van der Waals surface area contributed by atoms with Gasteiger partial charge >= 0.3 is 5.97 Å². The number of hydrogen-bond acceptors (Lipinski definition) is 6. The Labute approximate surface area is 211 Å². The number of amides is 1. The molecule has 0 radical (unpaired) electrons. The second-order valence-corrected chi connectivity index (χ2v) is 10.7. The first-order valence-corrected chi connectivity index (χ1v) is 12.7. The van der Waals surface area contributed by atoms with Crippen molar-refractivity contribution < 1.29 is 24.2 Å². The number of benzene rings is 2.